The number of fused-ring (bicyclic) bond motifs is 2. The molecule has 0 N–H and O–H groups in total. The molecule has 3 rings (SSSR count). The molecule has 0 unspecified atom stereocenters. The van der Waals surface area contributed by atoms with Crippen molar-refractivity contribution in [1.29, 1.82) is 0 Å². The van der Waals surface area contributed by atoms with Crippen molar-refractivity contribution in [3.05, 3.63) is 11.1 Å². The Balaban J connectivity index is 1.97. The molecule has 3 aliphatic rings. The minimum absolute atomic E-state index is 0.317. The van der Waals surface area contributed by atoms with E-state index < -0.39 is 0 Å². The van der Waals surface area contributed by atoms with Gasteiger partial charge in [-0.05, 0) is 43.1 Å². The van der Waals surface area contributed by atoms with Gasteiger partial charge in [0.2, 0.25) is 5.91 Å². The first kappa shape index (κ1) is 11.9. The summed E-state index contributed by atoms with van der Waals surface area (Å²) in [6.07, 6.45) is 5.17. The summed E-state index contributed by atoms with van der Waals surface area (Å²) < 4.78 is 0. The Kier molecular flexibility index (Phi) is 3.00. The molecule has 1 saturated heterocycles. The van der Waals surface area contributed by atoms with Crippen molar-refractivity contribution in [2.24, 2.45) is 11.8 Å². The minimum atomic E-state index is 0.317. The maximum absolute atomic E-state index is 12.2. The van der Waals surface area contributed by atoms with E-state index >= 15 is 0 Å². The van der Waals surface area contributed by atoms with E-state index in [4.69, 9.17) is 0 Å². The second-order valence-corrected chi connectivity index (χ2v) is 6.11. The van der Waals surface area contributed by atoms with Crippen LogP contribution in [0.1, 0.15) is 45.4 Å². The largest absolute Gasteiger partial charge is 0.342 e. The summed E-state index contributed by atoms with van der Waals surface area (Å²) in [6, 6.07) is 0. The molecule has 0 aromatic rings. The van der Waals surface area contributed by atoms with Crippen LogP contribution in [-0.2, 0) is 9.59 Å². The third kappa shape index (κ3) is 2.00. The van der Waals surface area contributed by atoms with Crippen LogP contribution in [0.3, 0.4) is 0 Å². The SMILES string of the molecule is C[C@H]1CC(=O)N2CCCC3=C(CC2)[C@H](CC3=O)C1. The van der Waals surface area contributed by atoms with Crippen LogP contribution in [0.2, 0.25) is 0 Å². The third-order valence-corrected chi connectivity index (χ3v) is 4.72. The van der Waals surface area contributed by atoms with Crippen molar-refractivity contribution in [2.75, 3.05) is 13.1 Å². The second kappa shape index (κ2) is 4.52. The zero-order valence-electron chi connectivity index (χ0n) is 11.1. The van der Waals surface area contributed by atoms with Crippen LogP contribution >= 0.6 is 0 Å². The lowest BCUT2D eigenvalue weighted by Gasteiger charge is -2.25. The number of carbonyl (C=O) groups is 2. The number of hydrogen-bond donors (Lipinski definition) is 0. The van der Waals surface area contributed by atoms with Gasteiger partial charge in [-0.3, -0.25) is 9.59 Å². The molecule has 3 heteroatoms. The van der Waals surface area contributed by atoms with Crippen LogP contribution in [0.4, 0.5) is 0 Å². The zero-order chi connectivity index (χ0) is 12.7. The Hall–Kier alpha value is -1.12. The van der Waals surface area contributed by atoms with Crippen LogP contribution in [0.25, 0.3) is 0 Å². The molecule has 1 amide bonds. The highest BCUT2D eigenvalue weighted by Gasteiger charge is 2.35. The number of carbonyl (C=O) groups excluding carboxylic acids is 2. The normalized spacial score (nSPS) is 33.1. The van der Waals surface area contributed by atoms with E-state index in [1.54, 1.807) is 0 Å². The highest BCUT2D eigenvalue weighted by atomic mass is 16.2. The summed E-state index contributed by atoms with van der Waals surface area (Å²) in [4.78, 5) is 26.3. The van der Waals surface area contributed by atoms with E-state index in [1.165, 1.54) is 5.57 Å². The number of rotatable bonds is 0. The van der Waals surface area contributed by atoms with Gasteiger partial charge in [-0.25, -0.2) is 0 Å². The Morgan fingerprint density at radius 2 is 1.94 bits per heavy atom. The smallest absolute Gasteiger partial charge is 0.222 e. The lowest BCUT2D eigenvalue weighted by Crippen LogP contribution is -2.34. The van der Waals surface area contributed by atoms with Crippen molar-refractivity contribution in [3.8, 4) is 0 Å². The summed E-state index contributed by atoms with van der Waals surface area (Å²) in [5.74, 6) is 1.55. The van der Waals surface area contributed by atoms with Crippen LogP contribution in [-0.4, -0.2) is 29.7 Å². The molecule has 2 bridgehead atoms. The molecule has 0 aromatic carbocycles. The number of nitrogens with zero attached hydrogens (tertiary/aromatic N) is 1. The van der Waals surface area contributed by atoms with Gasteiger partial charge in [0.1, 0.15) is 0 Å². The Morgan fingerprint density at radius 1 is 1.11 bits per heavy atom. The lowest BCUT2D eigenvalue weighted by atomic mass is 9.87. The summed E-state index contributed by atoms with van der Waals surface area (Å²) in [7, 11) is 0. The van der Waals surface area contributed by atoms with E-state index in [0.29, 0.717) is 36.4 Å². The summed E-state index contributed by atoms with van der Waals surface area (Å²) in [5, 5.41) is 0. The van der Waals surface area contributed by atoms with Gasteiger partial charge in [-0.2, -0.15) is 0 Å². The quantitative estimate of drug-likeness (QED) is 0.658. The fraction of sp³-hybridized carbons (Fsp3) is 0.733. The second-order valence-electron chi connectivity index (χ2n) is 6.11. The molecule has 0 spiro atoms. The van der Waals surface area contributed by atoms with Gasteiger partial charge in [0, 0.05) is 25.9 Å². The molecule has 0 radical (unpaired) electrons. The van der Waals surface area contributed by atoms with E-state index in [9.17, 15) is 9.59 Å². The standard InChI is InChI=1S/C15H21NO2/c1-10-7-11-9-14(17)13-3-2-5-16(15(18)8-10)6-4-12(11)13/h10-11H,2-9H2,1H3/t10-,11+/m1/s1. The van der Waals surface area contributed by atoms with Gasteiger partial charge < -0.3 is 4.90 Å². The molecule has 1 fully saturated rings. The molecule has 0 saturated carbocycles. The Labute approximate surface area is 108 Å². The van der Waals surface area contributed by atoms with E-state index in [0.717, 1.165) is 44.3 Å². The van der Waals surface area contributed by atoms with Crippen molar-refractivity contribution >= 4 is 11.7 Å². The average Bonchev–Trinajstić information content (AvgIpc) is 2.53. The number of Topliss-reactive ketones (excluding diaryl/α,β-unsaturated/α-hetero) is 1. The fourth-order valence-corrected chi connectivity index (χ4v) is 3.84. The molecule has 0 aromatic heterocycles. The zero-order valence-corrected chi connectivity index (χ0v) is 11.1. The van der Waals surface area contributed by atoms with Crippen LogP contribution in [0, 0.1) is 11.8 Å². The summed E-state index contributed by atoms with van der Waals surface area (Å²) in [5.41, 5.74) is 2.52. The van der Waals surface area contributed by atoms with Gasteiger partial charge in [-0.15, -0.1) is 0 Å². The first-order valence-corrected chi connectivity index (χ1v) is 7.18. The lowest BCUT2D eigenvalue weighted by molar-refractivity contribution is -0.132. The van der Waals surface area contributed by atoms with Crippen molar-refractivity contribution in [3.63, 3.8) is 0 Å². The van der Waals surface area contributed by atoms with Crippen molar-refractivity contribution in [1.82, 2.24) is 4.90 Å². The van der Waals surface area contributed by atoms with Crippen molar-refractivity contribution in [2.45, 2.75) is 45.4 Å². The molecule has 18 heavy (non-hydrogen) atoms. The molecule has 1 aliphatic carbocycles. The summed E-state index contributed by atoms with van der Waals surface area (Å²) in [6.45, 7) is 3.81. The molecule has 98 valence electrons. The molecular formula is C15H21NO2. The average molecular weight is 247 g/mol. The predicted octanol–water partition coefficient (Wildman–Crippen LogP) is 2.31. The highest BCUT2D eigenvalue weighted by Crippen LogP contribution is 2.40. The van der Waals surface area contributed by atoms with E-state index in [2.05, 4.69) is 6.92 Å². The number of hydrogen-bond acceptors (Lipinski definition) is 2. The van der Waals surface area contributed by atoms with E-state index in [-0.39, 0.29) is 0 Å². The van der Waals surface area contributed by atoms with Crippen molar-refractivity contribution < 1.29 is 9.59 Å². The number of amides is 1. The van der Waals surface area contributed by atoms with Crippen LogP contribution < -0.4 is 0 Å². The van der Waals surface area contributed by atoms with Gasteiger partial charge >= 0.3 is 0 Å². The molecule has 2 heterocycles. The van der Waals surface area contributed by atoms with Gasteiger partial charge in [-0.1, -0.05) is 12.5 Å². The predicted molar refractivity (Wildman–Crippen MR) is 69.0 cm³/mol. The Bertz CT molecular complexity index is 424. The van der Waals surface area contributed by atoms with E-state index in [1.807, 2.05) is 4.90 Å². The molecule has 2 atom stereocenters. The fourth-order valence-electron chi connectivity index (χ4n) is 3.84. The third-order valence-electron chi connectivity index (χ3n) is 4.72. The van der Waals surface area contributed by atoms with Gasteiger partial charge in [0.25, 0.3) is 0 Å². The first-order chi connectivity index (χ1) is 8.65. The van der Waals surface area contributed by atoms with Crippen LogP contribution in [0.5, 0.6) is 0 Å². The topological polar surface area (TPSA) is 37.4 Å². The number of ketones is 1. The molecular weight excluding hydrogens is 226 g/mol. The van der Waals surface area contributed by atoms with Gasteiger partial charge in [0.15, 0.2) is 5.78 Å². The molecule has 2 aliphatic heterocycles. The molecule has 3 nitrogen and oxygen atoms in total. The summed E-state index contributed by atoms with van der Waals surface area (Å²) >= 11 is 0. The number of allylic oxidation sites excluding steroid dienone is 1. The van der Waals surface area contributed by atoms with Gasteiger partial charge in [0.05, 0.1) is 0 Å². The Morgan fingerprint density at radius 3 is 2.78 bits per heavy atom. The maximum atomic E-state index is 12.2. The minimum Gasteiger partial charge on any atom is -0.342 e. The first-order valence-electron chi connectivity index (χ1n) is 7.18. The van der Waals surface area contributed by atoms with Crippen LogP contribution in [0.15, 0.2) is 11.1 Å². The highest BCUT2D eigenvalue weighted by molar-refractivity contribution is 5.99. The maximum Gasteiger partial charge on any atom is 0.222 e. The monoisotopic (exact) mass is 247 g/mol.